The van der Waals surface area contributed by atoms with Crippen molar-refractivity contribution < 1.29 is 18.9 Å². The fraction of sp³-hybridized carbons (Fsp3) is 0.364. The number of hydrogen-bond donors (Lipinski definition) is 0. The summed E-state index contributed by atoms with van der Waals surface area (Å²) in [4.78, 5) is 27.4. The summed E-state index contributed by atoms with van der Waals surface area (Å²) in [6.07, 6.45) is 3.87. The fourth-order valence-corrected chi connectivity index (χ4v) is 3.72. The molecule has 10 heteroatoms. The van der Waals surface area contributed by atoms with Crippen molar-refractivity contribution in [3.05, 3.63) is 75.5 Å². The van der Waals surface area contributed by atoms with Crippen LogP contribution in [-0.4, -0.2) is 56.6 Å². The average molecular weight is 439 g/mol. The summed E-state index contributed by atoms with van der Waals surface area (Å²) in [5.41, 5.74) is 1.72. The molecule has 0 spiro atoms. The van der Waals surface area contributed by atoms with Crippen LogP contribution in [0.4, 0.5) is 5.69 Å². The molecule has 1 amide bonds. The molecule has 1 aromatic carbocycles. The molecule has 0 unspecified atom stereocenters. The van der Waals surface area contributed by atoms with Crippen LogP contribution in [0.25, 0.3) is 0 Å². The molecule has 4 rings (SSSR count). The Balaban J connectivity index is 1.28. The van der Waals surface area contributed by atoms with Crippen LogP contribution in [0.1, 0.15) is 27.4 Å². The van der Waals surface area contributed by atoms with Gasteiger partial charge in [0.25, 0.3) is 11.6 Å². The van der Waals surface area contributed by atoms with Gasteiger partial charge >= 0.3 is 0 Å². The first-order valence-corrected chi connectivity index (χ1v) is 10.3. The highest BCUT2D eigenvalue weighted by Gasteiger charge is 2.24. The number of aryl methyl sites for hydroxylation is 2. The minimum Gasteiger partial charge on any atom is -0.486 e. The first-order valence-electron chi connectivity index (χ1n) is 10.3. The van der Waals surface area contributed by atoms with Crippen LogP contribution >= 0.6 is 0 Å². The summed E-state index contributed by atoms with van der Waals surface area (Å²) < 4.78 is 13.1. The number of carbonyl (C=O) groups is 1. The summed E-state index contributed by atoms with van der Waals surface area (Å²) in [6, 6.07) is 7.94. The van der Waals surface area contributed by atoms with Gasteiger partial charge < -0.3 is 14.1 Å². The molecule has 0 saturated carbocycles. The number of ether oxygens (including phenoxy) is 1. The highest BCUT2D eigenvalue weighted by molar-refractivity contribution is 5.91. The van der Waals surface area contributed by atoms with Gasteiger partial charge in [-0.05, 0) is 31.2 Å². The number of benzene rings is 1. The Morgan fingerprint density at radius 2 is 2.00 bits per heavy atom. The molecule has 1 aliphatic heterocycles. The van der Waals surface area contributed by atoms with Crippen molar-refractivity contribution in [2.75, 3.05) is 26.2 Å². The van der Waals surface area contributed by atoms with Crippen LogP contribution in [0, 0.1) is 17.0 Å². The Bertz CT molecular complexity index is 1110. The lowest BCUT2D eigenvalue weighted by Crippen LogP contribution is -2.48. The third-order valence-corrected chi connectivity index (χ3v) is 5.44. The van der Waals surface area contributed by atoms with Crippen molar-refractivity contribution in [2.45, 2.75) is 20.1 Å². The molecular formula is C22H25N5O5. The van der Waals surface area contributed by atoms with E-state index < -0.39 is 4.92 Å². The molecule has 168 valence electrons. The van der Waals surface area contributed by atoms with Crippen LogP contribution in [-0.2, 0) is 20.2 Å². The Kier molecular flexibility index (Phi) is 6.22. The third kappa shape index (κ3) is 4.97. The Morgan fingerprint density at radius 3 is 2.66 bits per heavy atom. The standard InChI is InChI=1S/C22H25N5O5/c1-16-11-18(3-5-20(16)27(29)30)31-15-19-4-6-21(32-19)22(28)26-9-7-25(8-10-26)14-17-12-23-24(2)13-17/h3-6,11-13H,7-10,14-15H2,1-2H3. The number of piperazine rings is 1. The van der Waals surface area contributed by atoms with E-state index in [0.29, 0.717) is 30.2 Å². The van der Waals surface area contributed by atoms with Crippen molar-refractivity contribution in [1.82, 2.24) is 19.6 Å². The maximum atomic E-state index is 12.8. The summed E-state index contributed by atoms with van der Waals surface area (Å²) in [5.74, 6) is 1.16. The lowest BCUT2D eigenvalue weighted by atomic mass is 10.2. The topological polar surface area (TPSA) is 107 Å². The second kappa shape index (κ2) is 9.23. The Hall–Kier alpha value is -3.66. The Labute approximate surface area is 185 Å². The zero-order valence-electron chi connectivity index (χ0n) is 18.1. The number of carbonyl (C=O) groups excluding carboxylic acids is 1. The number of nitrogens with zero attached hydrogens (tertiary/aromatic N) is 5. The summed E-state index contributed by atoms with van der Waals surface area (Å²) in [7, 11) is 1.90. The normalized spacial score (nSPS) is 14.5. The summed E-state index contributed by atoms with van der Waals surface area (Å²) in [5, 5.41) is 15.1. The van der Waals surface area contributed by atoms with Gasteiger partial charge in [0, 0.05) is 63.2 Å². The van der Waals surface area contributed by atoms with Gasteiger partial charge in [0.1, 0.15) is 18.1 Å². The lowest BCUT2D eigenvalue weighted by Gasteiger charge is -2.34. The molecule has 1 saturated heterocycles. The predicted octanol–water partition coefficient (Wildman–Crippen LogP) is 2.77. The molecule has 0 aliphatic carbocycles. The molecule has 3 aromatic rings. The van der Waals surface area contributed by atoms with Crippen molar-refractivity contribution in [3.8, 4) is 5.75 Å². The highest BCUT2D eigenvalue weighted by Crippen LogP contribution is 2.24. The monoisotopic (exact) mass is 439 g/mol. The number of nitro groups is 1. The molecule has 10 nitrogen and oxygen atoms in total. The van der Waals surface area contributed by atoms with Gasteiger partial charge in [0.15, 0.2) is 5.76 Å². The van der Waals surface area contributed by atoms with E-state index in [9.17, 15) is 14.9 Å². The van der Waals surface area contributed by atoms with E-state index in [1.54, 1.807) is 40.8 Å². The fourth-order valence-electron chi connectivity index (χ4n) is 3.72. The molecule has 1 aliphatic rings. The maximum Gasteiger partial charge on any atom is 0.289 e. The van der Waals surface area contributed by atoms with Gasteiger partial charge in [0.2, 0.25) is 0 Å². The molecule has 0 bridgehead atoms. The van der Waals surface area contributed by atoms with Crippen LogP contribution in [0.3, 0.4) is 0 Å². The van der Waals surface area contributed by atoms with E-state index in [4.69, 9.17) is 9.15 Å². The van der Waals surface area contributed by atoms with Gasteiger partial charge in [-0.3, -0.25) is 24.5 Å². The number of nitro benzene ring substituents is 1. The van der Waals surface area contributed by atoms with Crippen LogP contribution in [0.5, 0.6) is 5.75 Å². The van der Waals surface area contributed by atoms with Crippen molar-refractivity contribution in [3.63, 3.8) is 0 Å². The molecule has 3 heterocycles. The number of aromatic nitrogens is 2. The minimum absolute atomic E-state index is 0.0452. The highest BCUT2D eigenvalue weighted by atomic mass is 16.6. The van der Waals surface area contributed by atoms with E-state index in [1.807, 2.05) is 19.4 Å². The molecule has 1 fully saturated rings. The molecule has 0 radical (unpaired) electrons. The van der Waals surface area contributed by atoms with Gasteiger partial charge in [-0.15, -0.1) is 0 Å². The minimum atomic E-state index is -0.428. The van der Waals surface area contributed by atoms with Crippen LogP contribution in [0.2, 0.25) is 0 Å². The SMILES string of the molecule is Cc1cc(OCc2ccc(C(=O)N3CCN(Cc4cnn(C)c4)CC3)o2)ccc1[N+](=O)[O-]. The van der Waals surface area contributed by atoms with E-state index in [2.05, 4.69) is 10.00 Å². The Morgan fingerprint density at radius 1 is 1.22 bits per heavy atom. The first-order chi connectivity index (χ1) is 15.4. The van der Waals surface area contributed by atoms with E-state index in [-0.39, 0.29) is 24.0 Å². The van der Waals surface area contributed by atoms with E-state index in [1.165, 1.54) is 6.07 Å². The molecule has 2 aromatic heterocycles. The van der Waals surface area contributed by atoms with Crippen LogP contribution in [0.15, 0.2) is 47.1 Å². The number of amides is 1. The van der Waals surface area contributed by atoms with Crippen LogP contribution < -0.4 is 4.74 Å². The van der Waals surface area contributed by atoms with Crippen molar-refractivity contribution in [1.29, 1.82) is 0 Å². The zero-order valence-corrected chi connectivity index (χ0v) is 18.1. The molecule has 0 N–H and O–H groups in total. The van der Waals surface area contributed by atoms with E-state index in [0.717, 1.165) is 25.2 Å². The van der Waals surface area contributed by atoms with E-state index >= 15 is 0 Å². The largest absolute Gasteiger partial charge is 0.486 e. The number of rotatable bonds is 7. The number of furan rings is 1. The second-order valence-corrected chi connectivity index (χ2v) is 7.85. The first kappa shape index (κ1) is 21.6. The van der Waals surface area contributed by atoms with Crippen molar-refractivity contribution in [2.24, 2.45) is 7.05 Å². The molecular weight excluding hydrogens is 414 g/mol. The lowest BCUT2D eigenvalue weighted by molar-refractivity contribution is -0.385. The molecule has 32 heavy (non-hydrogen) atoms. The quantitative estimate of drug-likeness (QED) is 0.411. The molecule has 0 atom stereocenters. The average Bonchev–Trinajstić information content (AvgIpc) is 3.41. The second-order valence-electron chi connectivity index (χ2n) is 7.85. The maximum absolute atomic E-state index is 12.8. The predicted molar refractivity (Wildman–Crippen MR) is 115 cm³/mol. The summed E-state index contributed by atoms with van der Waals surface area (Å²) in [6.45, 7) is 5.45. The third-order valence-electron chi connectivity index (χ3n) is 5.44. The van der Waals surface area contributed by atoms with Crippen molar-refractivity contribution >= 4 is 11.6 Å². The van der Waals surface area contributed by atoms with Gasteiger partial charge in [-0.25, -0.2) is 0 Å². The van der Waals surface area contributed by atoms with Gasteiger partial charge in [-0.2, -0.15) is 5.10 Å². The summed E-state index contributed by atoms with van der Waals surface area (Å²) >= 11 is 0. The van der Waals surface area contributed by atoms with Gasteiger partial charge in [0.05, 0.1) is 11.1 Å². The smallest absolute Gasteiger partial charge is 0.289 e. The number of hydrogen-bond acceptors (Lipinski definition) is 7. The van der Waals surface area contributed by atoms with Gasteiger partial charge in [-0.1, -0.05) is 0 Å². The zero-order chi connectivity index (χ0) is 22.7.